The van der Waals surface area contributed by atoms with Crippen LogP contribution in [-0.4, -0.2) is 49.0 Å². The lowest BCUT2D eigenvalue weighted by Crippen LogP contribution is -2.48. The number of nitrogens with zero attached hydrogens (tertiary/aromatic N) is 2. The number of rotatable bonds is 5. The van der Waals surface area contributed by atoms with Crippen LogP contribution < -0.4 is 0 Å². The minimum Gasteiger partial charge on any atom is -0.380 e. The molecular weight excluding hydrogens is 344 g/mol. The van der Waals surface area contributed by atoms with Crippen molar-refractivity contribution >= 4 is 28.8 Å². The molecule has 0 atom stereocenters. The second kappa shape index (κ2) is 8.12. The topological polar surface area (TPSA) is 32.8 Å². The fraction of sp³-hybridized carbons (Fsp3) is 0.389. The molecule has 1 aliphatic rings. The highest BCUT2D eigenvalue weighted by atomic mass is 35.5. The Labute approximate surface area is 151 Å². The third-order valence-corrected chi connectivity index (χ3v) is 5.40. The molecule has 0 aliphatic carbocycles. The molecule has 0 saturated carbocycles. The minimum absolute atomic E-state index is 0.109. The van der Waals surface area contributed by atoms with Crippen molar-refractivity contribution in [2.75, 3.05) is 33.3 Å². The van der Waals surface area contributed by atoms with Gasteiger partial charge in [0, 0.05) is 50.3 Å². The molecule has 6 heteroatoms. The third-order valence-electron chi connectivity index (χ3n) is 4.18. The number of ether oxygens (including phenoxy) is 1. The molecule has 2 heterocycles. The summed E-state index contributed by atoms with van der Waals surface area (Å²) in [5.74, 6) is 0.109. The molecule has 1 fully saturated rings. The van der Waals surface area contributed by atoms with Crippen LogP contribution in [0.4, 0.5) is 0 Å². The highest BCUT2D eigenvalue weighted by Crippen LogP contribution is 2.23. The lowest BCUT2D eigenvalue weighted by Gasteiger charge is -2.34. The van der Waals surface area contributed by atoms with E-state index in [1.165, 1.54) is 4.88 Å². The van der Waals surface area contributed by atoms with Crippen molar-refractivity contribution in [3.8, 4) is 0 Å². The van der Waals surface area contributed by atoms with Gasteiger partial charge in [-0.15, -0.1) is 11.3 Å². The Morgan fingerprint density at radius 1 is 1.12 bits per heavy atom. The summed E-state index contributed by atoms with van der Waals surface area (Å²) in [6.07, 6.45) is 0. The number of piperazine rings is 1. The second-order valence-corrected chi connectivity index (χ2v) is 7.70. The summed E-state index contributed by atoms with van der Waals surface area (Å²) in [5.41, 5.74) is 1.82. The van der Waals surface area contributed by atoms with Gasteiger partial charge in [-0.1, -0.05) is 23.7 Å². The fourth-order valence-electron chi connectivity index (χ4n) is 2.86. The summed E-state index contributed by atoms with van der Waals surface area (Å²) in [7, 11) is 1.67. The maximum Gasteiger partial charge on any atom is 0.253 e. The largest absolute Gasteiger partial charge is 0.380 e. The van der Waals surface area contributed by atoms with E-state index in [-0.39, 0.29) is 5.91 Å². The first-order valence-electron chi connectivity index (χ1n) is 7.99. The van der Waals surface area contributed by atoms with Crippen molar-refractivity contribution < 1.29 is 9.53 Å². The van der Waals surface area contributed by atoms with Crippen LogP contribution in [0.2, 0.25) is 4.34 Å². The second-order valence-electron chi connectivity index (χ2n) is 5.90. The SMILES string of the molecule is COCc1ccc(C(=O)N2CCN(Cc3ccc(Cl)s3)CC2)cc1. The molecule has 128 valence electrons. The Kier molecular flexibility index (Phi) is 5.89. The molecule has 4 nitrogen and oxygen atoms in total. The van der Waals surface area contributed by atoms with Gasteiger partial charge in [0.05, 0.1) is 10.9 Å². The van der Waals surface area contributed by atoms with Gasteiger partial charge in [-0.3, -0.25) is 9.69 Å². The van der Waals surface area contributed by atoms with Crippen molar-refractivity contribution in [3.05, 3.63) is 56.7 Å². The number of amides is 1. The summed E-state index contributed by atoms with van der Waals surface area (Å²) < 4.78 is 5.93. The number of carbonyl (C=O) groups excluding carboxylic acids is 1. The summed E-state index contributed by atoms with van der Waals surface area (Å²) in [6.45, 7) is 4.78. The van der Waals surface area contributed by atoms with Gasteiger partial charge >= 0.3 is 0 Å². The molecular formula is C18H21ClN2O2S. The highest BCUT2D eigenvalue weighted by molar-refractivity contribution is 7.16. The van der Waals surface area contributed by atoms with Gasteiger partial charge in [0.2, 0.25) is 0 Å². The van der Waals surface area contributed by atoms with Gasteiger partial charge in [-0.25, -0.2) is 0 Å². The normalized spacial score (nSPS) is 15.7. The van der Waals surface area contributed by atoms with E-state index in [9.17, 15) is 4.79 Å². The zero-order valence-corrected chi connectivity index (χ0v) is 15.3. The Bertz CT molecular complexity index is 679. The number of hydrogen-bond acceptors (Lipinski definition) is 4. The van der Waals surface area contributed by atoms with Crippen LogP contribution in [0, 0.1) is 0 Å². The summed E-state index contributed by atoms with van der Waals surface area (Å²) in [4.78, 5) is 18.2. The average molecular weight is 365 g/mol. The molecule has 0 unspecified atom stereocenters. The van der Waals surface area contributed by atoms with E-state index in [1.807, 2.05) is 35.2 Å². The number of hydrogen-bond donors (Lipinski definition) is 0. The molecule has 24 heavy (non-hydrogen) atoms. The molecule has 1 aliphatic heterocycles. The van der Waals surface area contributed by atoms with Crippen LogP contribution in [0.5, 0.6) is 0 Å². The van der Waals surface area contributed by atoms with Gasteiger partial charge in [-0.2, -0.15) is 0 Å². The average Bonchev–Trinajstić information content (AvgIpc) is 3.01. The molecule has 2 aromatic rings. The lowest BCUT2D eigenvalue weighted by molar-refractivity contribution is 0.0629. The number of benzene rings is 1. The van der Waals surface area contributed by atoms with Crippen molar-refractivity contribution in [1.29, 1.82) is 0 Å². The molecule has 1 saturated heterocycles. The molecule has 1 amide bonds. The van der Waals surface area contributed by atoms with Crippen LogP contribution in [0.3, 0.4) is 0 Å². The molecule has 1 aromatic carbocycles. The van der Waals surface area contributed by atoms with Crippen LogP contribution in [-0.2, 0) is 17.9 Å². The quantitative estimate of drug-likeness (QED) is 0.814. The molecule has 0 bridgehead atoms. The highest BCUT2D eigenvalue weighted by Gasteiger charge is 2.22. The van der Waals surface area contributed by atoms with E-state index < -0.39 is 0 Å². The van der Waals surface area contributed by atoms with Gasteiger partial charge in [0.1, 0.15) is 0 Å². The van der Waals surface area contributed by atoms with Crippen molar-refractivity contribution in [1.82, 2.24) is 9.80 Å². The summed E-state index contributed by atoms with van der Waals surface area (Å²) in [5, 5.41) is 0. The first-order valence-corrected chi connectivity index (χ1v) is 9.19. The monoisotopic (exact) mass is 364 g/mol. The van der Waals surface area contributed by atoms with Crippen LogP contribution in [0.15, 0.2) is 36.4 Å². The minimum atomic E-state index is 0.109. The Hall–Kier alpha value is -1.40. The Balaban J connectivity index is 1.52. The van der Waals surface area contributed by atoms with Crippen LogP contribution in [0.1, 0.15) is 20.8 Å². The van der Waals surface area contributed by atoms with Gasteiger partial charge in [-0.05, 0) is 29.8 Å². The number of methoxy groups -OCH3 is 1. The zero-order valence-electron chi connectivity index (χ0n) is 13.7. The van der Waals surface area contributed by atoms with E-state index in [0.29, 0.717) is 6.61 Å². The predicted molar refractivity (Wildman–Crippen MR) is 97.7 cm³/mol. The van der Waals surface area contributed by atoms with Crippen molar-refractivity contribution in [3.63, 3.8) is 0 Å². The number of carbonyl (C=O) groups is 1. The predicted octanol–water partition coefficient (Wildman–Crippen LogP) is 3.51. The maximum absolute atomic E-state index is 12.6. The first-order chi connectivity index (χ1) is 11.7. The lowest BCUT2D eigenvalue weighted by atomic mass is 10.1. The molecule has 0 spiro atoms. The van der Waals surface area contributed by atoms with Crippen molar-refractivity contribution in [2.24, 2.45) is 0 Å². The summed E-state index contributed by atoms with van der Waals surface area (Å²) in [6, 6.07) is 11.7. The smallest absolute Gasteiger partial charge is 0.253 e. The molecule has 0 N–H and O–H groups in total. The number of halogens is 1. The zero-order chi connectivity index (χ0) is 16.9. The van der Waals surface area contributed by atoms with Crippen LogP contribution in [0.25, 0.3) is 0 Å². The first kappa shape index (κ1) is 17.4. The van der Waals surface area contributed by atoms with E-state index in [0.717, 1.165) is 48.2 Å². The fourth-order valence-corrected chi connectivity index (χ4v) is 3.99. The van der Waals surface area contributed by atoms with Gasteiger partial charge in [0.15, 0.2) is 0 Å². The van der Waals surface area contributed by atoms with Gasteiger partial charge in [0.25, 0.3) is 5.91 Å². The molecule has 1 aromatic heterocycles. The van der Waals surface area contributed by atoms with E-state index >= 15 is 0 Å². The van der Waals surface area contributed by atoms with E-state index in [4.69, 9.17) is 16.3 Å². The van der Waals surface area contributed by atoms with E-state index in [2.05, 4.69) is 11.0 Å². The number of thiophene rings is 1. The standard InChI is InChI=1S/C18H21ClN2O2S/c1-23-13-14-2-4-15(5-3-14)18(22)21-10-8-20(9-11-21)12-16-6-7-17(19)24-16/h2-7H,8-13H2,1H3. The van der Waals surface area contributed by atoms with Crippen LogP contribution >= 0.6 is 22.9 Å². The Morgan fingerprint density at radius 3 is 2.42 bits per heavy atom. The molecule has 3 rings (SSSR count). The van der Waals surface area contributed by atoms with E-state index in [1.54, 1.807) is 18.4 Å². The maximum atomic E-state index is 12.6. The van der Waals surface area contributed by atoms with Crippen molar-refractivity contribution in [2.45, 2.75) is 13.2 Å². The summed E-state index contributed by atoms with van der Waals surface area (Å²) >= 11 is 7.60. The van der Waals surface area contributed by atoms with Gasteiger partial charge < -0.3 is 9.64 Å². The molecule has 0 radical (unpaired) electrons. The third kappa shape index (κ3) is 4.36. The Morgan fingerprint density at radius 2 is 1.83 bits per heavy atom.